The lowest BCUT2D eigenvalue weighted by Crippen LogP contribution is -2.07. The van der Waals surface area contributed by atoms with Crippen LogP contribution >= 0.6 is 39.1 Å². The van der Waals surface area contributed by atoms with Crippen molar-refractivity contribution in [1.82, 2.24) is 9.78 Å². The third-order valence-electron chi connectivity index (χ3n) is 5.50. The van der Waals surface area contributed by atoms with E-state index >= 15 is 0 Å². The van der Waals surface area contributed by atoms with Gasteiger partial charge in [-0.05, 0) is 66.8 Å². The molecule has 0 radical (unpaired) electrons. The second kappa shape index (κ2) is 10.1. The van der Waals surface area contributed by atoms with Crippen LogP contribution in [0.15, 0.2) is 72.9 Å². The van der Waals surface area contributed by atoms with E-state index in [2.05, 4.69) is 53.3 Å². The van der Waals surface area contributed by atoms with Crippen molar-refractivity contribution in [2.75, 3.05) is 12.4 Å². The summed E-state index contributed by atoms with van der Waals surface area (Å²) < 4.78 is 7.20. The number of aromatic nitrogens is 2. The third-order valence-corrected chi connectivity index (χ3v) is 7.02. The van der Waals surface area contributed by atoms with Crippen molar-refractivity contribution in [1.29, 1.82) is 0 Å². The van der Waals surface area contributed by atoms with Crippen molar-refractivity contribution in [2.24, 2.45) is 0 Å². The zero-order valence-corrected chi connectivity index (χ0v) is 21.0. The van der Waals surface area contributed by atoms with Gasteiger partial charge in [-0.15, -0.1) is 0 Å². The van der Waals surface area contributed by atoms with E-state index in [1.165, 1.54) is 11.1 Å². The number of alkyl halides is 1. The average Bonchev–Trinajstić information content (AvgIpc) is 3.23. The molecule has 1 heterocycles. The van der Waals surface area contributed by atoms with E-state index in [0.717, 1.165) is 40.0 Å². The molecule has 0 aliphatic carbocycles. The van der Waals surface area contributed by atoms with Crippen LogP contribution in [-0.2, 0) is 6.42 Å². The van der Waals surface area contributed by atoms with E-state index in [0.29, 0.717) is 10.0 Å². The number of nitrogens with zero attached hydrogens (tertiary/aromatic N) is 2. The third kappa shape index (κ3) is 5.03. The number of halogens is 3. The van der Waals surface area contributed by atoms with Crippen LogP contribution < -0.4 is 4.74 Å². The Labute approximate surface area is 207 Å². The summed E-state index contributed by atoms with van der Waals surface area (Å²) in [5.74, 6) is 1.10. The second-order valence-corrected chi connectivity index (χ2v) is 9.19. The van der Waals surface area contributed by atoms with Gasteiger partial charge in [0.15, 0.2) is 0 Å². The van der Waals surface area contributed by atoms with Gasteiger partial charge in [0.1, 0.15) is 5.75 Å². The smallest absolute Gasteiger partial charge is 0.119 e. The summed E-state index contributed by atoms with van der Waals surface area (Å²) in [4.78, 5) is 0. The Hall–Kier alpha value is -2.27. The highest BCUT2D eigenvalue weighted by atomic mass is 79.9. The van der Waals surface area contributed by atoms with Gasteiger partial charge in [0, 0.05) is 17.1 Å². The number of benzene rings is 3. The molecule has 3 nitrogen and oxygen atoms in total. The first kappa shape index (κ1) is 22.9. The van der Waals surface area contributed by atoms with Gasteiger partial charge in [0.05, 0.1) is 28.5 Å². The maximum atomic E-state index is 6.34. The lowest BCUT2D eigenvalue weighted by atomic mass is 9.92. The summed E-state index contributed by atoms with van der Waals surface area (Å²) in [6, 6.07) is 22.2. The minimum absolute atomic E-state index is 0.288. The van der Waals surface area contributed by atoms with Crippen molar-refractivity contribution in [2.45, 2.75) is 19.3 Å². The molecule has 0 saturated heterocycles. The highest BCUT2D eigenvalue weighted by Gasteiger charge is 2.19. The summed E-state index contributed by atoms with van der Waals surface area (Å²) >= 11 is 16.2. The normalized spacial score (nSPS) is 12.0. The maximum absolute atomic E-state index is 6.34. The van der Waals surface area contributed by atoms with Gasteiger partial charge in [-0.25, -0.2) is 4.68 Å². The Kier molecular flexibility index (Phi) is 7.24. The summed E-state index contributed by atoms with van der Waals surface area (Å²) in [5, 5.41) is 6.89. The molecule has 0 spiro atoms. The van der Waals surface area contributed by atoms with Crippen LogP contribution in [0, 0.1) is 6.92 Å². The molecular formula is C26H23BrCl2N2O. The quantitative estimate of drug-likeness (QED) is 0.227. The molecule has 0 amide bonds. The minimum Gasteiger partial charge on any atom is -0.497 e. The van der Waals surface area contributed by atoms with Gasteiger partial charge in [-0.1, -0.05) is 75.0 Å². The Morgan fingerprint density at radius 3 is 2.44 bits per heavy atom. The number of hydrogen-bond acceptors (Lipinski definition) is 2. The molecule has 32 heavy (non-hydrogen) atoms. The van der Waals surface area contributed by atoms with Crippen molar-refractivity contribution in [3.63, 3.8) is 0 Å². The largest absolute Gasteiger partial charge is 0.497 e. The molecule has 1 unspecified atom stereocenters. The minimum atomic E-state index is 0.288. The zero-order valence-electron chi connectivity index (χ0n) is 17.9. The fourth-order valence-electron chi connectivity index (χ4n) is 3.75. The van der Waals surface area contributed by atoms with Crippen LogP contribution in [-0.4, -0.2) is 22.2 Å². The molecule has 0 fully saturated rings. The van der Waals surface area contributed by atoms with Crippen LogP contribution in [0.25, 0.3) is 16.8 Å². The molecule has 1 aromatic heterocycles. The number of hydrogen-bond donors (Lipinski definition) is 0. The van der Waals surface area contributed by atoms with Gasteiger partial charge in [-0.2, -0.15) is 5.10 Å². The fraction of sp³-hybridized carbons (Fsp3) is 0.192. The van der Waals surface area contributed by atoms with Crippen molar-refractivity contribution >= 4 is 39.1 Å². The van der Waals surface area contributed by atoms with E-state index in [-0.39, 0.29) is 5.92 Å². The number of ether oxygens (including phenoxy) is 1. The van der Waals surface area contributed by atoms with E-state index in [4.69, 9.17) is 33.0 Å². The molecule has 4 rings (SSSR count). The Balaban J connectivity index is 1.77. The van der Waals surface area contributed by atoms with E-state index in [1.54, 1.807) is 7.11 Å². The molecule has 0 aliphatic rings. The molecule has 0 bridgehead atoms. The van der Waals surface area contributed by atoms with Crippen LogP contribution in [0.3, 0.4) is 0 Å². The Bertz CT molecular complexity index is 1220. The first-order valence-electron chi connectivity index (χ1n) is 10.3. The maximum Gasteiger partial charge on any atom is 0.119 e. The highest BCUT2D eigenvalue weighted by molar-refractivity contribution is 9.09. The molecule has 0 saturated carbocycles. The molecule has 1 atom stereocenters. The van der Waals surface area contributed by atoms with Gasteiger partial charge < -0.3 is 4.74 Å². The van der Waals surface area contributed by atoms with Gasteiger partial charge >= 0.3 is 0 Å². The lowest BCUT2D eigenvalue weighted by molar-refractivity contribution is 0.414. The number of methoxy groups -OCH3 is 1. The molecule has 4 aromatic rings. The number of aryl methyl sites for hydroxylation is 1. The van der Waals surface area contributed by atoms with Gasteiger partial charge in [-0.3, -0.25) is 0 Å². The first-order valence-corrected chi connectivity index (χ1v) is 12.2. The predicted octanol–water partition coefficient (Wildman–Crippen LogP) is 7.88. The van der Waals surface area contributed by atoms with Crippen LogP contribution in [0.2, 0.25) is 10.0 Å². The van der Waals surface area contributed by atoms with Crippen molar-refractivity contribution < 1.29 is 4.74 Å². The van der Waals surface area contributed by atoms with Crippen LogP contribution in [0.4, 0.5) is 0 Å². The number of rotatable bonds is 7. The molecular weight excluding hydrogens is 507 g/mol. The highest BCUT2D eigenvalue weighted by Crippen LogP contribution is 2.34. The van der Waals surface area contributed by atoms with Gasteiger partial charge in [0.2, 0.25) is 0 Å². The molecule has 0 N–H and O–H groups in total. The van der Waals surface area contributed by atoms with Crippen molar-refractivity contribution in [3.05, 3.63) is 99.8 Å². The molecule has 0 aliphatic heterocycles. The monoisotopic (exact) mass is 528 g/mol. The van der Waals surface area contributed by atoms with Crippen LogP contribution in [0.5, 0.6) is 5.75 Å². The van der Waals surface area contributed by atoms with Crippen LogP contribution in [0.1, 0.15) is 22.7 Å². The second-order valence-electron chi connectivity index (χ2n) is 7.73. The van der Waals surface area contributed by atoms with E-state index in [1.807, 2.05) is 47.1 Å². The standard InChI is InChI=1S/C26H23BrCl2N2O/c1-17-4-3-5-18(12-17)20(15-27)14-26-23(19-6-11-24(28)25(29)13-19)16-31(30-26)21-7-9-22(32-2)10-8-21/h3-13,16,20H,14-15H2,1-2H3. The topological polar surface area (TPSA) is 27.1 Å². The van der Waals surface area contributed by atoms with E-state index in [9.17, 15) is 0 Å². The van der Waals surface area contributed by atoms with E-state index < -0.39 is 0 Å². The summed E-state index contributed by atoms with van der Waals surface area (Å²) in [6.07, 6.45) is 2.84. The average molecular weight is 530 g/mol. The zero-order chi connectivity index (χ0) is 22.7. The SMILES string of the molecule is COc1ccc(-n2cc(-c3ccc(Cl)c(Cl)c3)c(CC(CBr)c3cccc(C)c3)n2)cc1. The predicted molar refractivity (Wildman–Crippen MR) is 137 cm³/mol. The summed E-state index contributed by atoms with van der Waals surface area (Å²) in [6.45, 7) is 2.12. The fourth-order valence-corrected chi connectivity index (χ4v) is 4.65. The van der Waals surface area contributed by atoms with Crippen molar-refractivity contribution in [3.8, 4) is 22.6 Å². The molecule has 164 valence electrons. The molecule has 3 aromatic carbocycles. The Morgan fingerprint density at radius 1 is 1.00 bits per heavy atom. The lowest BCUT2D eigenvalue weighted by Gasteiger charge is -2.15. The summed E-state index contributed by atoms with van der Waals surface area (Å²) in [5.41, 5.74) is 6.54. The Morgan fingerprint density at radius 2 is 1.78 bits per heavy atom. The van der Waals surface area contributed by atoms with Gasteiger partial charge in [0.25, 0.3) is 0 Å². The first-order chi connectivity index (χ1) is 15.5. The summed E-state index contributed by atoms with van der Waals surface area (Å²) in [7, 11) is 1.66. The molecule has 6 heteroatoms.